The number of rotatable bonds is 8. The van der Waals surface area contributed by atoms with Crippen LogP contribution < -0.4 is 10.1 Å². The van der Waals surface area contributed by atoms with Crippen LogP contribution in [-0.2, 0) is 11.3 Å². The molecule has 0 aliphatic carbocycles. The molecule has 0 aromatic heterocycles. The molecule has 5 heteroatoms. The maximum Gasteiger partial charge on any atom is 0.234 e. The quantitative estimate of drug-likeness (QED) is 0.773. The zero-order valence-electron chi connectivity index (χ0n) is 15.0. The largest absolute Gasteiger partial charge is 0.497 e. The van der Waals surface area contributed by atoms with Crippen LogP contribution in [0.4, 0.5) is 0 Å². The highest BCUT2D eigenvalue weighted by molar-refractivity contribution is 5.78. The number of ether oxygens (including phenoxy) is 1. The summed E-state index contributed by atoms with van der Waals surface area (Å²) in [5.41, 5.74) is 3.20. The highest BCUT2D eigenvalue weighted by Gasteiger charge is 2.18. The van der Waals surface area contributed by atoms with Crippen LogP contribution in [0.1, 0.15) is 22.7 Å². The molecule has 2 aromatic carbocycles. The van der Waals surface area contributed by atoms with Crippen molar-refractivity contribution in [1.82, 2.24) is 10.2 Å². The van der Waals surface area contributed by atoms with Crippen LogP contribution in [-0.4, -0.2) is 43.2 Å². The minimum absolute atomic E-state index is 0.0616. The fraction of sp³-hybridized carbons (Fsp3) is 0.350. The number of hydrogen-bond donors (Lipinski definition) is 2. The van der Waals surface area contributed by atoms with Crippen molar-refractivity contribution in [1.29, 1.82) is 0 Å². The summed E-state index contributed by atoms with van der Waals surface area (Å²) >= 11 is 0. The Morgan fingerprint density at radius 2 is 1.88 bits per heavy atom. The van der Waals surface area contributed by atoms with E-state index in [4.69, 9.17) is 4.74 Å². The summed E-state index contributed by atoms with van der Waals surface area (Å²) < 4.78 is 5.15. The zero-order valence-corrected chi connectivity index (χ0v) is 15.0. The Hall–Kier alpha value is -2.37. The highest BCUT2D eigenvalue weighted by Crippen LogP contribution is 2.21. The maximum atomic E-state index is 12.2. The van der Waals surface area contributed by atoms with Crippen molar-refractivity contribution in [2.75, 3.05) is 27.3 Å². The van der Waals surface area contributed by atoms with Crippen molar-refractivity contribution in [3.63, 3.8) is 0 Å². The monoisotopic (exact) mass is 342 g/mol. The number of carbonyl (C=O) groups excluding carboxylic acids is 1. The molecule has 5 nitrogen and oxygen atoms in total. The first kappa shape index (κ1) is 19.0. The summed E-state index contributed by atoms with van der Waals surface area (Å²) in [5, 5.41) is 12.7. The molecule has 2 N–H and O–H groups in total. The predicted octanol–water partition coefficient (Wildman–Crippen LogP) is 2.29. The van der Waals surface area contributed by atoms with Gasteiger partial charge >= 0.3 is 0 Å². The minimum Gasteiger partial charge on any atom is -0.497 e. The average molecular weight is 342 g/mol. The maximum absolute atomic E-state index is 12.2. The number of methoxy groups -OCH3 is 1. The fourth-order valence-corrected chi connectivity index (χ4v) is 2.72. The van der Waals surface area contributed by atoms with Crippen molar-refractivity contribution < 1.29 is 14.6 Å². The third-order valence-corrected chi connectivity index (χ3v) is 4.34. The molecule has 0 bridgehead atoms. The third kappa shape index (κ3) is 5.31. The van der Waals surface area contributed by atoms with Gasteiger partial charge in [-0.25, -0.2) is 0 Å². The van der Waals surface area contributed by atoms with E-state index >= 15 is 0 Å². The van der Waals surface area contributed by atoms with Crippen LogP contribution in [0.5, 0.6) is 5.75 Å². The van der Waals surface area contributed by atoms with E-state index in [1.54, 1.807) is 7.11 Å². The van der Waals surface area contributed by atoms with E-state index < -0.39 is 0 Å². The van der Waals surface area contributed by atoms with Gasteiger partial charge in [0.25, 0.3) is 0 Å². The number of nitrogens with zero attached hydrogens (tertiary/aromatic N) is 1. The first-order valence-electron chi connectivity index (χ1n) is 8.31. The molecule has 2 aromatic rings. The Kier molecular flexibility index (Phi) is 6.98. The second kappa shape index (κ2) is 9.20. The van der Waals surface area contributed by atoms with Gasteiger partial charge in [-0.1, -0.05) is 36.4 Å². The topological polar surface area (TPSA) is 61.8 Å². The minimum atomic E-state index is -0.241. The number of hydrogen-bond acceptors (Lipinski definition) is 4. The lowest BCUT2D eigenvalue weighted by Gasteiger charge is -2.26. The number of nitrogens with one attached hydrogen (secondary N) is 1. The Morgan fingerprint density at radius 1 is 1.20 bits per heavy atom. The molecule has 0 aliphatic rings. The zero-order chi connectivity index (χ0) is 18.2. The summed E-state index contributed by atoms with van der Waals surface area (Å²) in [6.07, 6.45) is 0. The summed E-state index contributed by atoms with van der Waals surface area (Å²) in [7, 11) is 3.45. The Morgan fingerprint density at radius 3 is 2.48 bits per heavy atom. The van der Waals surface area contributed by atoms with Crippen LogP contribution in [0.3, 0.4) is 0 Å². The molecule has 0 heterocycles. The van der Waals surface area contributed by atoms with Crippen molar-refractivity contribution in [3.8, 4) is 5.75 Å². The van der Waals surface area contributed by atoms with E-state index in [1.807, 2.05) is 67.4 Å². The number of amides is 1. The van der Waals surface area contributed by atoms with Crippen molar-refractivity contribution in [3.05, 3.63) is 65.2 Å². The average Bonchev–Trinajstić information content (AvgIpc) is 2.62. The lowest BCUT2D eigenvalue weighted by Crippen LogP contribution is -2.38. The Balaban J connectivity index is 1.92. The van der Waals surface area contributed by atoms with Crippen LogP contribution in [0.15, 0.2) is 48.5 Å². The standard InChI is InChI=1S/C20H26N2O3/c1-15-6-4-5-7-17(15)12-21-20(24)13-22(2)19(14-23)16-8-10-18(25-3)11-9-16/h4-11,19,23H,12-14H2,1-3H3,(H,21,24). The Bertz CT molecular complexity index is 686. The SMILES string of the molecule is COc1ccc(C(CO)N(C)CC(=O)NCc2ccccc2C)cc1. The predicted molar refractivity (Wildman–Crippen MR) is 98.5 cm³/mol. The molecular weight excluding hydrogens is 316 g/mol. The van der Waals surface area contributed by atoms with Crippen LogP contribution in [0.25, 0.3) is 0 Å². The van der Waals surface area contributed by atoms with Gasteiger partial charge in [0.1, 0.15) is 5.75 Å². The second-order valence-electron chi connectivity index (χ2n) is 6.09. The van der Waals surface area contributed by atoms with Gasteiger partial charge in [0, 0.05) is 6.54 Å². The lowest BCUT2D eigenvalue weighted by molar-refractivity contribution is -0.122. The van der Waals surface area contributed by atoms with Crippen molar-refractivity contribution >= 4 is 5.91 Å². The summed E-state index contributed by atoms with van der Waals surface area (Å²) in [4.78, 5) is 14.1. The molecule has 2 rings (SSSR count). The van der Waals surface area contributed by atoms with E-state index in [2.05, 4.69) is 5.32 Å². The van der Waals surface area contributed by atoms with Crippen LogP contribution in [0, 0.1) is 6.92 Å². The molecule has 0 saturated heterocycles. The molecule has 0 spiro atoms. The van der Waals surface area contributed by atoms with Crippen LogP contribution >= 0.6 is 0 Å². The van der Waals surface area contributed by atoms with Crippen LogP contribution in [0.2, 0.25) is 0 Å². The molecule has 25 heavy (non-hydrogen) atoms. The van der Waals surface area contributed by atoms with E-state index in [0.717, 1.165) is 22.4 Å². The first-order chi connectivity index (χ1) is 12.0. The molecule has 0 aliphatic heterocycles. The summed E-state index contributed by atoms with van der Waals surface area (Å²) in [5.74, 6) is 0.691. The number of aliphatic hydroxyl groups excluding tert-OH is 1. The fourth-order valence-electron chi connectivity index (χ4n) is 2.72. The van der Waals surface area contributed by atoms with Gasteiger partial charge in [0.2, 0.25) is 5.91 Å². The summed E-state index contributed by atoms with van der Waals surface area (Å²) in [6, 6.07) is 15.3. The third-order valence-electron chi connectivity index (χ3n) is 4.34. The highest BCUT2D eigenvalue weighted by atomic mass is 16.5. The van der Waals surface area contributed by atoms with E-state index in [-0.39, 0.29) is 25.1 Å². The number of aryl methyl sites for hydroxylation is 1. The normalized spacial score (nSPS) is 12.0. The van der Waals surface area contributed by atoms with Gasteiger partial charge in [0.15, 0.2) is 0 Å². The molecule has 1 atom stereocenters. The number of likely N-dealkylation sites (N-methyl/N-ethyl adjacent to an activating group) is 1. The number of benzene rings is 2. The van der Waals surface area contributed by atoms with Gasteiger partial charge in [-0.2, -0.15) is 0 Å². The van der Waals surface area contributed by atoms with Gasteiger partial charge in [-0.3, -0.25) is 9.69 Å². The summed E-state index contributed by atoms with van der Waals surface area (Å²) in [6.45, 7) is 2.68. The van der Waals surface area contributed by atoms with E-state index in [1.165, 1.54) is 0 Å². The van der Waals surface area contributed by atoms with Gasteiger partial charge in [0.05, 0.1) is 26.3 Å². The van der Waals surface area contributed by atoms with Gasteiger partial charge < -0.3 is 15.2 Å². The lowest BCUT2D eigenvalue weighted by atomic mass is 10.1. The first-order valence-corrected chi connectivity index (χ1v) is 8.31. The van der Waals surface area contributed by atoms with Crippen molar-refractivity contribution in [2.24, 2.45) is 0 Å². The molecule has 0 radical (unpaired) electrons. The van der Waals surface area contributed by atoms with E-state index in [0.29, 0.717) is 6.54 Å². The van der Waals surface area contributed by atoms with Gasteiger partial charge in [-0.05, 0) is 42.8 Å². The molecule has 1 unspecified atom stereocenters. The molecule has 0 fully saturated rings. The molecule has 0 saturated carbocycles. The number of aliphatic hydroxyl groups is 1. The van der Waals surface area contributed by atoms with Gasteiger partial charge in [-0.15, -0.1) is 0 Å². The smallest absolute Gasteiger partial charge is 0.234 e. The molecule has 1 amide bonds. The van der Waals surface area contributed by atoms with E-state index in [9.17, 15) is 9.90 Å². The molecular formula is C20H26N2O3. The second-order valence-corrected chi connectivity index (χ2v) is 6.09. The Labute approximate surface area is 149 Å². The number of carbonyl (C=O) groups is 1. The molecule has 134 valence electrons. The van der Waals surface area contributed by atoms with Crippen molar-refractivity contribution in [2.45, 2.75) is 19.5 Å².